The molecule has 1 N–H and O–H groups in total. The molecule has 3 rings (SSSR count). The number of esters is 1. The molecule has 2 aromatic rings. The molecular formula is C23H27N3O7S. The van der Waals surface area contributed by atoms with Crippen LogP contribution in [0, 0.1) is 28.9 Å². The number of carbonyl (C=O) groups is 2. The summed E-state index contributed by atoms with van der Waals surface area (Å²) in [5.41, 5.74) is 0.459. The number of hydrogen-bond acceptors (Lipinski definition) is 7. The van der Waals surface area contributed by atoms with Gasteiger partial charge in [0.05, 0.1) is 15.4 Å². The van der Waals surface area contributed by atoms with Crippen molar-refractivity contribution in [2.24, 2.45) is 11.8 Å². The summed E-state index contributed by atoms with van der Waals surface area (Å²) in [6.07, 6.45) is 0.974. The molecule has 1 aliphatic heterocycles. The van der Waals surface area contributed by atoms with Crippen LogP contribution in [-0.4, -0.2) is 49.2 Å². The highest BCUT2D eigenvalue weighted by Gasteiger charge is 2.31. The number of nitro benzene ring substituents is 1. The van der Waals surface area contributed by atoms with Crippen molar-refractivity contribution < 1.29 is 27.7 Å². The molecule has 1 heterocycles. The number of ether oxygens (including phenoxy) is 1. The van der Waals surface area contributed by atoms with Crippen LogP contribution in [-0.2, 0) is 19.6 Å². The van der Waals surface area contributed by atoms with Gasteiger partial charge >= 0.3 is 5.97 Å². The monoisotopic (exact) mass is 489 g/mol. The zero-order chi connectivity index (χ0) is 25.0. The molecule has 2 atom stereocenters. The number of nitro groups is 1. The highest BCUT2D eigenvalue weighted by Crippen LogP contribution is 2.27. The van der Waals surface area contributed by atoms with Crippen molar-refractivity contribution in [1.82, 2.24) is 4.31 Å². The van der Waals surface area contributed by atoms with Gasteiger partial charge in [-0.2, -0.15) is 4.31 Å². The second-order valence-electron chi connectivity index (χ2n) is 8.69. The second kappa shape index (κ2) is 10.3. The lowest BCUT2D eigenvalue weighted by molar-refractivity contribution is -0.384. The van der Waals surface area contributed by atoms with Crippen molar-refractivity contribution in [2.45, 2.75) is 32.1 Å². The largest absolute Gasteiger partial charge is 0.452 e. The summed E-state index contributed by atoms with van der Waals surface area (Å²) in [6.45, 7) is 5.96. The standard InChI is InChI=1S/C23H27N3O7S/c1-15-4-9-20(21(11-15)26(29)30)24-22(27)14-33-23(28)18-5-7-19(8-6-18)34(31,32)25-12-16(2)10-17(3)13-25/h4-9,11,16-17H,10,12-14H2,1-3H3,(H,24,27). The first-order chi connectivity index (χ1) is 16.0. The molecule has 0 radical (unpaired) electrons. The number of anilines is 1. The van der Waals surface area contributed by atoms with E-state index in [9.17, 15) is 28.1 Å². The molecule has 1 fully saturated rings. The molecule has 182 valence electrons. The summed E-state index contributed by atoms with van der Waals surface area (Å²) in [7, 11) is -3.68. The van der Waals surface area contributed by atoms with E-state index in [4.69, 9.17) is 4.74 Å². The number of sulfonamides is 1. The molecule has 2 unspecified atom stereocenters. The number of rotatable bonds is 7. The Hall–Kier alpha value is -3.31. The Kier molecular flexibility index (Phi) is 7.68. The zero-order valence-corrected chi connectivity index (χ0v) is 20.0. The van der Waals surface area contributed by atoms with E-state index >= 15 is 0 Å². The van der Waals surface area contributed by atoms with E-state index in [1.54, 1.807) is 13.0 Å². The Balaban J connectivity index is 1.61. The third-order valence-electron chi connectivity index (χ3n) is 5.52. The molecule has 0 aromatic heterocycles. The summed E-state index contributed by atoms with van der Waals surface area (Å²) in [6, 6.07) is 9.66. The van der Waals surface area contributed by atoms with Gasteiger partial charge in [0.25, 0.3) is 11.6 Å². The van der Waals surface area contributed by atoms with Crippen molar-refractivity contribution in [1.29, 1.82) is 0 Å². The number of benzene rings is 2. The zero-order valence-electron chi connectivity index (χ0n) is 19.2. The van der Waals surface area contributed by atoms with Gasteiger partial charge in [0.2, 0.25) is 10.0 Å². The van der Waals surface area contributed by atoms with Gasteiger partial charge in [-0.25, -0.2) is 13.2 Å². The van der Waals surface area contributed by atoms with Crippen molar-refractivity contribution in [3.63, 3.8) is 0 Å². The van der Waals surface area contributed by atoms with Gasteiger partial charge < -0.3 is 10.1 Å². The van der Waals surface area contributed by atoms with E-state index in [2.05, 4.69) is 5.32 Å². The summed E-state index contributed by atoms with van der Waals surface area (Å²) < 4.78 is 32.3. The molecule has 11 heteroatoms. The molecule has 2 aromatic carbocycles. The Labute approximate surface area is 198 Å². The molecule has 0 aliphatic carbocycles. The van der Waals surface area contributed by atoms with Gasteiger partial charge in [0.15, 0.2) is 6.61 Å². The molecule has 1 amide bonds. The maximum Gasteiger partial charge on any atom is 0.338 e. The molecule has 1 saturated heterocycles. The Morgan fingerprint density at radius 3 is 2.32 bits per heavy atom. The number of nitrogens with one attached hydrogen (secondary N) is 1. The van der Waals surface area contributed by atoms with Gasteiger partial charge in [-0.15, -0.1) is 0 Å². The minimum Gasteiger partial charge on any atom is -0.452 e. The first kappa shape index (κ1) is 25.3. The van der Waals surface area contributed by atoms with E-state index < -0.39 is 33.4 Å². The predicted octanol–water partition coefficient (Wildman–Crippen LogP) is 3.37. The van der Waals surface area contributed by atoms with E-state index in [1.807, 2.05) is 13.8 Å². The molecular weight excluding hydrogens is 462 g/mol. The number of aryl methyl sites for hydroxylation is 1. The Bertz CT molecular complexity index is 1190. The van der Waals surface area contributed by atoms with Crippen LogP contribution in [0.25, 0.3) is 0 Å². The lowest BCUT2D eigenvalue weighted by Gasteiger charge is -2.34. The first-order valence-corrected chi connectivity index (χ1v) is 12.2. The minimum absolute atomic E-state index is 0.00689. The highest BCUT2D eigenvalue weighted by atomic mass is 32.2. The van der Waals surface area contributed by atoms with Crippen LogP contribution in [0.3, 0.4) is 0 Å². The van der Waals surface area contributed by atoms with Crippen molar-refractivity contribution in [2.75, 3.05) is 25.0 Å². The van der Waals surface area contributed by atoms with Crippen LogP contribution in [0.5, 0.6) is 0 Å². The van der Waals surface area contributed by atoms with Crippen LogP contribution in [0.4, 0.5) is 11.4 Å². The number of carbonyl (C=O) groups excluding carboxylic acids is 2. The molecule has 0 spiro atoms. The van der Waals surface area contributed by atoms with E-state index in [1.165, 1.54) is 40.7 Å². The van der Waals surface area contributed by atoms with E-state index in [-0.39, 0.29) is 33.7 Å². The Morgan fingerprint density at radius 1 is 1.12 bits per heavy atom. The SMILES string of the molecule is Cc1ccc(NC(=O)COC(=O)c2ccc(S(=O)(=O)N3CC(C)CC(C)C3)cc2)c([N+](=O)[O-])c1. The van der Waals surface area contributed by atoms with Crippen molar-refractivity contribution >= 4 is 33.3 Å². The highest BCUT2D eigenvalue weighted by molar-refractivity contribution is 7.89. The predicted molar refractivity (Wildman–Crippen MR) is 125 cm³/mol. The van der Waals surface area contributed by atoms with E-state index in [0.717, 1.165) is 6.42 Å². The van der Waals surface area contributed by atoms with Gasteiger partial charge in [-0.1, -0.05) is 19.9 Å². The summed E-state index contributed by atoms with van der Waals surface area (Å²) in [4.78, 5) is 35.0. The lowest BCUT2D eigenvalue weighted by atomic mass is 9.94. The van der Waals surface area contributed by atoms with Crippen LogP contribution in [0.15, 0.2) is 47.4 Å². The van der Waals surface area contributed by atoms with Crippen LogP contribution in [0.1, 0.15) is 36.2 Å². The fourth-order valence-corrected chi connectivity index (χ4v) is 5.69. The third-order valence-corrected chi connectivity index (χ3v) is 7.37. The van der Waals surface area contributed by atoms with Crippen LogP contribution in [0.2, 0.25) is 0 Å². The number of piperidine rings is 1. The first-order valence-electron chi connectivity index (χ1n) is 10.8. The van der Waals surface area contributed by atoms with Crippen molar-refractivity contribution in [3.05, 3.63) is 63.7 Å². The summed E-state index contributed by atoms with van der Waals surface area (Å²) >= 11 is 0. The van der Waals surface area contributed by atoms with Crippen LogP contribution < -0.4 is 5.32 Å². The lowest BCUT2D eigenvalue weighted by Crippen LogP contribution is -2.42. The van der Waals surface area contributed by atoms with Gasteiger partial charge in [-0.05, 0) is 61.1 Å². The molecule has 34 heavy (non-hydrogen) atoms. The minimum atomic E-state index is -3.68. The smallest absolute Gasteiger partial charge is 0.338 e. The number of hydrogen-bond donors (Lipinski definition) is 1. The maximum absolute atomic E-state index is 13.0. The Morgan fingerprint density at radius 2 is 1.74 bits per heavy atom. The molecule has 0 saturated carbocycles. The summed E-state index contributed by atoms with van der Waals surface area (Å²) in [5, 5.41) is 13.5. The van der Waals surface area contributed by atoms with Gasteiger partial charge in [0, 0.05) is 19.2 Å². The molecule has 0 bridgehead atoms. The molecule has 1 aliphatic rings. The fraction of sp³-hybridized carbons (Fsp3) is 0.391. The average molecular weight is 490 g/mol. The van der Waals surface area contributed by atoms with Gasteiger partial charge in [-0.3, -0.25) is 14.9 Å². The number of amides is 1. The van der Waals surface area contributed by atoms with Crippen LogP contribution >= 0.6 is 0 Å². The average Bonchev–Trinajstić information content (AvgIpc) is 2.78. The van der Waals surface area contributed by atoms with Crippen molar-refractivity contribution in [3.8, 4) is 0 Å². The number of nitrogens with zero attached hydrogens (tertiary/aromatic N) is 2. The molecule has 10 nitrogen and oxygen atoms in total. The quantitative estimate of drug-likeness (QED) is 0.358. The topological polar surface area (TPSA) is 136 Å². The fourth-order valence-electron chi connectivity index (χ4n) is 4.01. The van der Waals surface area contributed by atoms with E-state index in [0.29, 0.717) is 18.7 Å². The maximum atomic E-state index is 13.0. The second-order valence-corrected chi connectivity index (χ2v) is 10.6. The summed E-state index contributed by atoms with van der Waals surface area (Å²) in [5.74, 6) is -1.04. The normalized spacial score (nSPS) is 18.8. The van der Waals surface area contributed by atoms with Gasteiger partial charge in [0.1, 0.15) is 5.69 Å². The third kappa shape index (κ3) is 5.97.